The summed E-state index contributed by atoms with van der Waals surface area (Å²) < 4.78 is 17.8. The number of hydrogen-bond acceptors (Lipinski definition) is 8. The Labute approximate surface area is 307 Å². The first-order chi connectivity index (χ1) is 23.9. The molecule has 12 heteroatoms. The topological polar surface area (TPSA) is 165 Å². The standard InChI is InChI=1S/C39H55ClN4O7/c1-22(33-34(51-33)26-15-12-24(21-41)13-16-26)30-10-9-11-32(45)43-28(19-25-14-17-31(49-8)27(40)18-25)35(46)42-23(2)39(6,7)37(48)44-29(36(47)50-30)20-38(3,4)5/h9,11-18,22-23,28-30,33-34,36,47H,10,19-21,41H2,1-8H3,(H,42,46)(H,43,45)(H,44,48)/b11-9+/t22-,23-,28+,29-,30-,33+,34+,36?/m0/s1. The lowest BCUT2D eigenvalue weighted by Crippen LogP contribution is -2.58. The second-order valence-electron chi connectivity index (χ2n) is 15.6. The Hall–Kier alpha value is -3.48. The van der Waals surface area contributed by atoms with E-state index in [-0.39, 0.29) is 42.3 Å². The number of epoxide rings is 1. The van der Waals surface area contributed by atoms with Crippen LogP contribution in [0.4, 0.5) is 0 Å². The maximum atomic E-state index is 13.9. The van der Waals surface area contributed by atoms with Gasteiger partial charge in [-0.3, -0.25) is 14.4 Å². The Bertz CT molecular complexity index is 1560. The van der Waals surface area contributed by atoms with Crippen LogP contribution in [-0.4, -0.2) is 66.6 Å². The Balaban J connectivity index is 1.65. The molecule has 8 atom stereocenters. The Morgan fingerprint density at radius 2 is 1.71 bits per heavy atom. The van der Waals surface area contributed by atoms with Gasteiger partial charge in [-0.05, 0) is 73.9 Å². The monoisotopic (exact) mass is 726 g/mol. The van der Waals surface area contributed by atoms with Gasteiger partial charge in [0.15, 0.2) is 6.29 Å². The Kier molecular flexibility index (Phi) is 13.4. The first-order valence-corrected chi connectivity index (χ1v) is 18.0. The van der Waals surface area contributed by atoms with E-state index in [1.54, 1.807) is 45.0 Å². The van der Waals surface area contributed by atoms with Gasteiger partial charge in [0.25, 0.3) is 0 Å². The lowest BCUT2D eigenvalue weighted by Gasteiger charge is -2.37. The average Bonchev–Trinajstić information content (AvgIpc) is 3.87. The van der Waals surface area contributed by atoms with Crippen molar-refractivity contribution in [2.45, 2.75) is 117 Å². The quantitative estimate of drug-likeness (QED) is 0.244. The molecule has 1 saturated heterocycles. The van der Waals surface area contributed by atoms with Gasteiger partial charge >= 0.3 is 0 Å². The summed E-state index contributed by atoms with van der Waals surface area (Å²) in [5.74, 6) is -1.01. The predicted molar refractivity (Wildman–Crippen MR) is 197 cm³/mol. The molecule has 1 unspecified atom stereocenters. The number of benzene rings is 2. The number of amides is 3. The molecule has 4 rings (SSSR count). The van der Waals surface area contributed by atoms with Gasteiger partial charge < -0.3 is 41.0 Å². The molecule has 0 saturated carbocycles. The zero-order chi connectivity index (χ0) is 37.7. The van der Waals surface area contributed by atoms with Gasteiger partial charge in [0.1, 0.15) is 17.9 Å². The van der Waals surface area contributed by atoms with Crippen molar-refractivity contribution in [3.8, 4) is 5.75 Å². The zero-order valence-electron chi connectivity index (χ0n) is 31.0. The normalized spacial score (nSPS) is 28.9. The maximum Gasteiger partial charge on any atom is 0.244 e. The van der Waals surface area contributed by atoms with Crippen molar-refractivity contribution in [1.29, 1.82) is 0 Å². The minimum atomic E-state index is -1.36. The number of carbonyl (C=O) groups is 3. The molecule has 51 heavy (non-hydrogen) atoms. The van der Waals surface area contributed by atoms with E-state index in [0.29, 0.717) is 29.3 Å². The van der Waals surface area contributed by atoms with Gasteiger partial charge in [-0.15, -0.1) is 0 Å². The van der Waals surface area contributed by atoms with E-state index in [1.165, 1.54) is 13.2 Å². The van der Waals surface area contributed by atoms with Crippen LogP contribution in [0.15, 0.2) is 54.6 Å². The second-order valence-corrected chi connectivity index (χ2v) is 16.0. The molecule has 2 aliphatic rings. The van der Waals surface area contributed by atoms with Crippen molar-refractivity contribution >= 4 is 29.3 Å². The minimum Gasteiger partial charge on any atom is -0.495 e. The van der Waals surface area contributed by atoms with Gasteiger partial charge in [-0.25, -0.2) is 0 Å². The highest BCUT2D eigenvalue weighted by Crippen LogP contribution is 2.45. The third-order valence-electron chi connectivity index (χ3n) is 9.93. The molecule has 1 fully saturated rings. The zero-order valence-corrected chi connectivity index (χ0v) is 31.8. The van der Waals surface area contributed by atoms with Crippen molar-refractivity contribution in [1.82, 2.24) is 16.0 Å². The summed E-state index contributed by atoms with van der Waals surface area (Å²) in [4.78, 5) is 41.0. The molecule has 0 aromatic heterocycles. The van der Waals surface area contributed by atoms with Gasteiger partial charge in [0, 0.05) is 24.9 Å². The third-order valence-corrected chi connectivity index (χ3v) is 10.2. The molecule has 2 heterocycles. The average molecular weight is 727 g/mol. The molecule has 3 amide bonds. The number of methoxy groups -OCH3 is 1. The number of nitrogens with one attached hydrogen (secondary N) is 3. The van der Waals surface area contributed by atoms with Crippen LogP contribution in [-0.2, 0) is 36.8 Å². The molecule has 0 spiro atoms. The summed E-state index contributed by atoms with van der Waals surface area (Å²) in [6, 6.07) is 10.7. The highest BCUT2D eigenvalue weighted by molar-refractivity contribution is 6.32. The van der Waals surface area contributed by atoms with Crippen LogP contribution in [0.3, 0.4) is 0 Å². The molecular weight excluding hydrogens is 672 g/mol. The van der Waals surface area contributed by atoms with Gasteiger partial charge in [0.05, 0.1) is 35.8 Å². The molecule has 2 aliphatic heterocycles. The third kappa shape index (κ3) is 10.8. The molecule has 6 N–H and O–H groups in total. The fourth-order valence-electron chi connectivity index (χ4n) is 6.25. The molecule has 0 radical (unpaired) electrons. The summed E-state index contributed by atoms with van der Waals surface area (Å²) in [6.45, 7) is 13.7. The molecule has 2 aromatic carbocycles. The van der Waals surface area contributed by atoms with Crippen molar-refractivity contribution in [3.05, 3.63) is 76.3 Å². The summed E-state index contributed by atoms with van der Waals surface area (Å²) >= 11 is 6.37. The van der Waals surface area contributed by atoms with E-state index in [9.17, 15) is 19.5 Å². The summed E-state index contributed by atoms with van der Waals surface area (Å²) in [7, 11) is 1.52. The number of carbonyl (C=O) groups excluding carboxylic acids is 3. The highest BCUT2D eigenvalue weighted by Gasteiger charge is 2.47. The van der Waals surface area contributed by atoms with Crippen LogP contribution < -0.4 is 26.4 Å². The van der Waals surface area contributed by atoms with Crippen LogP contribution in [0.2, 0.25) is 5.02 Å². The van der Waals surface area contributed by atoms with Crippen LogP contribution in [0.1, 0.15) is 84.1 Å². The first-order valence-electron chi connectivity index (χ1n) is 17.6. The van der Waals surface area contributed by atoms with Crippen LogP contribution in [0, 0.1) is 16.7 Å². The number of nitrogens with two attached hydrogens (primary N) is 1. The number of halogens is 1. The maximum absolute atomic E-state index is 13.9. The smallest absolute Gasteiger partial charge is 0.244 e. The van der Waals surface area contributed by atoms with Crippen molar-refractivity contribution < 1.29 is 33.7 Å². The molecule has 280 valence electrons. The highest BCUT2D eigenvalue weighted by atomic mass is 35.5. The minimum absolute atomic E-state index is 0.143. The second kappa shape index (κ2) is 16.9. The van der Waals surface area contributed by atoms with Crippen LogP contribution in [0.5, 0.6) is 5.75 Å². The van der Waals surface area contributed by atoms with E-state index in [1.807, 2.05) is 52.0 Å². The summed E-state index contributed by atoms with van der Waals surface area (Å²) in [6.07, 6.45) is 1.57. The summed E-state index contributed by atoms with van der Waals surface area (Å²) in [5.41, 5.74) is 7.14. The van der Waals surface area contributed by atoms with Gasteiger partial charge in [0.2, 0.25) is 17.7 Å². The van der Waals surface area contributed by atoms with Gasteiger partial charge in [-0.2, -0.15) is 0 Å². The van der Waals surface area contributed by atoms with Crippen LogP contribution >= 0.6 is 11.6 Å². The largest absolute Gasteiger partial charge is 0.495 e. The van der Waals surface area contributed by atoms with Crippen LogP contribution in [0.25, 0.3) is 0 Å². The summed E-state index contributed by atoms with van der Waals surface area (Å²) in [5, 5.41) is 20.8. The lowest BCUT2D eigenvalue weighted by atomic mass is 9.82. The molecule has 0 aliphatic carbocycles. The number of hydrogen-bond donors (Lipinski definition) is 5. The number of ether oxygens (including phenoxy) is 3. The predicted octanol–water partition coefficient (Wildman–Crippen LogP) is 4.73. The number of aliphatic hydroxyl groups is 1. The number of rotatable bonds is 8. The fourth-order valence-corrected chi connectivity index (χ4v) is 6.53. The van der Waals surface area contributed by atoms with Crippen molar-refractivity contribution in [3.63, 3.8) is 0 Å². The van der Waals surface area contributed by atoms with E-state index in [4.69, 9.17) is 31.5 Å². The molecular formula is C39H55ClN4O7. The van der Waals surface area contributed by atoms with E-state index in [2.05, 4.69) is 16.0 Å². The molecule has 11 nitrogen and oxygen atoms in total. The van der Waals surface area contributed by atoms with Crippen molar-refractivity contribution in [2.24, 2.45) is 22.5 Å². The van der Waals surface area contributed by atoms with Gasteiger partial charge in [-0.1, -0.05) is 75.7 Å². The van der Waals surface area contributed by atoms with Crippen molar-refractivity contribution in [2.75, 3.05) is 7.11 Å². The SMILES string of the molecule is COc1ccc(C[C@H]2NC(=O)/C=C/C[C@@H]([C@H](C)[C@H]3O[C@@H]3c3ccc(CN)cc3)OC(O)[C@H](CC(C)(C)C)NC(=O)C(C)(C)[C@H](C)NC2=O)cc1Cl. The van der Waals surface area contributed by atoms with E-state index in [0.717, 1.165) is 11.1 Å². The first kappa shape index (κ1) is 40.3. The molecule has 0 bridgehead atoms. The fraction of sp³-hybridized carbons (Fsp3) is 0.564. The lowest BCUT2D eigenvalue weighted by molar-refractivity contribution is -0.174. The Morgan fingerprint density at radius 1 is 1.04 bits per heavy atom. The van der Waals surface area contributed by atoms with E-state index >= 15 is 0 Å². The Morgan fingerprint density at radius 3 is 2.31 bits per heavy atom. The van der Waals surface area contributed by atoms with E-state index < -0.39 is 47.7 Å². The molecule has 2 aromatic rings. The number of aliphatic hydroxyl groups excluding tert-OH is 1.